The Bertz CT molecular complexity index is 1090. The molecular weight excluding hydrogens is 424 g/mol. The van der Waals surface area contributed by atoms with Crippen molar-refractivity contribution in [3.8, 4) is 0 Å². The SMILES string of the molecule is CN(C)C(=O)Nc1ncnc2c1cnn2[C@@H]1C[C@H](C(O)c2ccc(Cl)cc2)[C@@H](O)[C@H]1O. The van der Waals surface area contributed by atoms with E-state index in [1.807, 2.05) is 0 Å². The van der Waals surface area contributed by atoms with Gasteiger partial charge >= 0.3 is 6.03 Å². The number of aliphatic hydroxyl groups excluding tert-OH is 3. The minimum Gasteiger partial charge on any atom is -0.390 e. The van der Waals surface area contributed by atoms with Gasteiger partial charge in [0.05, 0.1) is 29.8 Å². The van der Waals surface area contributed by atoms with Crippen LogP contribution in [0.4, 0.5) is 10.6 Å². The molecule has 1 saturated carbocycles. The number of aromatic nitrogens is 4. The number of amides is 2. The number of anilines is 1. The van der Waals surface area contributed by atoms with Gasteiger partial charge in [-0.05, 0) is 24.1 Å². The lowest BCUT2D eigenvalue weighted by Crippen LogP contribution is -2.31. The standard InChI is InChI=1S/C20H23ClN6O4/c1-26(2)20(31)25-18-13-8-24-27(19(13)23-9-22-18)14-7-12(16(29)17(14)30)15(28)10-3-5-11(21)6-4-10/h3-6,8-9,12,14-17,28-30H,7H2,1-2H3,(H,22,23,25,31)/t12-,14-,15?,16-,17+/m1/s1. The Morgan fingerprint density at radius 1 is 1.23 bits per heavy atom. The third-order valence-electron chi connectivity index (χ3n) is 5.65. The molecule has 2 amide bonds. The van der Waals surface area contributed by atoms with Crippen LogP contribution in [0.5, 0.6) is 0 Å². The molecule has 164 valence electrons. The molecule has 5 atom stereocenters. The van der Waals surface area contributed by atoms with Gasteiger partial charge in [0.15, 0.2) is 5.65 Å². The van der Waals surface area contributed by atoms with Crippen LogP contribution < -0.4 is 5.32 Å². The molecule has 1 aliphatic carbocycles. The first-order chi connectivity index (χ1) is 14.8. The fourth-order valence-electron chi connectivity index (χ4n) is 3.92. The summed E-state index contributed by atoms with van der Waals surface area (Å²) in [5, 5.41) is 40.2. The lowest BCUT2D eigenvalue weighted by Gasteiger charge is -2.22. The van der Waals surface area contributed by atoms with Crippen molar-refractivity contribution < 1.29 is 20.1 Å². The summed E-state index contributed by atoms with van der Waals surface area (Å²) < 4.78 is 1.50. The fraction of sp³-hybridized carbons (Fsp3) is 0.400. The van der Waals surface area contributed by atoms with Gasteiger partial charge in [0.2, 0.25) is 0 Å². The Morgan fingerprint density at radius 3 is 2.61 bits per heavy atom. The van der Waals surface area contributed by atoms with Crippen molar-refractivity contribution in [2.75, 3.05) is 19.4 Å². The number of nitrogens with one attached hydrogen (secondary N) is 1. The van der Waals surface area contributed by atoms with Gasteiger partial charge in [0, 0.05) is 25.0 Å². The molecule has 1 aromatic carbocycles. The Labute approximate surface area is 183 Å². The molecule has 1 aliphatic rings. The summed E-state index contributed by atoms with van der Waals surface area (Å²) in [6.45, 7) is 0. The number of nitrogens with zero attached hydrogens (tertiary/aromatic N) is 5. The van der Waals surface area contributed by atoms with Crippen molar-refractivity contribution in [2.45, 2.75) is 30.8 Å². The number of halogens is 1. The molecule has 11 heteroatoms. The summed E-state index contributed by atoms with van der Waals surface area (Å²) in [7, 11) is 3.22. The Balaban J connectivity index is 1.62. The average Bonchev–Trinajstić information content (AvgIpc) is 3.30. The number of carbonyl (C=O) groups excluding carboxylic acids is 1. The van der Waals surface area contributed by atoms with Crippen LogP contribution in [-0.2, 0) is 0 Å². The Hall–Kier alpha value is -2.79. The zero-order valence-electron chi connectivity index (χ0n) is 16.9. The molecule has 10 nitrogen and oxygen atoms in total. The number of aliphatic hydroxyl groups is 3. The number of hydrogen-bond acceptors (Lipinski definition) is 7. The quantitative estimate of drug-likeness (QED) is 0.477. The lowest BCUT2D eigenvalue weighted by molar-refractivity contribution is -0.0271. The average molecular weight is 447 g/mol. The number of carbonyl (C=O) groups is 1. The van der Waals surface area contributed by atoms with E-state index >= 15 is 0 Å². The Morgan fingerprint density at radius 2 is 1.94 bits per heavy atom. The van der Waals surface area contributed by atoms with Crippen LogP contribution in [0.25, 0.3) is 11.0 Å². The third-order valence-corrected chi connectivity index (χ3v) is 5.90. The van der Waals surface area contributed by atoms with Crippen LogP contribution in [0.2, 0.25) is 5.02 Å². The molecular formula is C20H23ClN6O4. The summed E-state index contributed by atoms with van der Waals surface area (Å²) in [4.78, 5) is 21.7. The van der Waals surface area contributed by atoms with E-state index < -0.39 is 30.3 Å². The molecule has 3 aromatic rings. The van der Waals surface area contributed by atoms with E-state index in [1.54, 1.807) is 38.4 Å². The van der Waals surface area contributed by atoms with Gasteiger partial charge in [0.25, 0.3) is 0 Å². The van der Waals surface area contributed by atoms with E-state index in [0.717, 1.165) is 0 Å². The number of urea groups is 1. The van der Waals surface area contributed by atoms with Gasteiger partial charge in [-0.3, -0.25) is 5.32 Å². The molecule has 2 heterocycles. The first-order valence-corrected chi connectivity index (χ1v) is 10.1. The van der Waals surface area contributed by atoms with Crippen LogP contribution >= 0.6 is 11.6 Å². The largest absolute Gasteiger partial charge is 0.390 e. The predicted octanol–water partition coefficient (Wildman–Crippen LogP) is 1.59. The van der Waals surface area contributed by atoms with E-state index in [0.29, 0.717) is 27.4 Å². The summed E-state index contributed by atoms with van der Waals surface area (Å²) in [6, 6.07) is 5.74. The molecule has 0 bridgehead atoms. The maximum atomic E-state index is 12.0. The minimum absolute atomic E-state index is 0.270. The molecule has 1 unspecified atom stereocenters. The fourth-order valence-corrected chi connectivity index (χ4v) is 4.05. The number of rotatable bonds is 4. The highest BCUT2D eigenvalue weighted by Crippen LogP contribution is 2.43. The summed E-state index contributed by atoms with van der Waals surface area (Å²) in [5.74, 6) is -0.323. The molecule has 2 aromatic heterocycles. The van der Waals surface area contributed by atoms with Crippen molar-refractivity contribution in [1.29, 1.82) is 0 Å². The smallest absolute Gasteiger partial charge is 0.322 e. The Kier molecular flexibility index (Phi) is 5.80. The molecule has 31 heavy (non-hydrogen) atoms. The van der Waals surface area contributed by atoms with Crippen molar-refractivity contribution in [1.82, 2.24) is 24.6 Å². The van der Waals surface area contributed by atoms with Gasteiger partial charge in [0.1, 0.15) is 18.2 Å². The van der Waals surface area contributed by atoms with Gasteiger partial charge in [-0.2, -0.15) is 5.10 Å². The first-order valence-electron chi connectivity index (χ1n) is 9.74. The van der Waals surface area contributed by atoms with E-state index in [-0.39, 0.29) is 12.5 Å². The van der Waals surface area contributed by atoms with Crippen LogP contribution in [0.15, 0.2) is 36.8 Å². The third kappa shape index (κ3) is 3.94. The molecule has 4 N–H and O–H groups in total. The van der Waals surface area contributed by atoms with Crippen molar-refractivity contribution in [3.63, 3.8) is 0 Å². The second kappa shape index (κ2) is 8.39. The van der Waals surface area contributed by atoms with E-state index in [1.165, 1.54) is 22.1 Å². The van der Waals surface area contributed by atoms with E-state index in [9.17, 15) is 20.1 Å². The minimum atomic E-state index is -1.16. The zero-order valence-corrected chi connectivity index (χ0v) is 17.7. The number of fused-ring (bicyclic) bond motifs is 1. The predicted molar refractivity (Wildman–Crippen MR) is 114 cm³/mol. The summed E-state index contributed by atoms with van der Waals surface area (Å²) >= 11 is 5.91. The summed E-state index contributed by atoms with van der Waals surface area (Å²) in [6.07, 6.45) is -0.244. The second-order valence-electron chi connectivity index (χ2n) is 7.82. The number of benzene rings is 1. The van der Waals surface area contributed by atoms with Crippen LogP contribution in [0, 0.1) is 5.92 Å². The highest BCUT2D eigenvalue weighted by atomic mass is 35.5. The molecule has 0 aliphatic heterocycles. The molecule has 1 fully saturated rings. The van der Waals surface area contributed by atoms with Crippen molar-refractivity contribution >= 4 is 34.5 Å². The topological polar surface area (TPSA) is 137 Å². The molecule has 0 spiro atoms. The highest BCUT2D eigenvalue weighted by molar-refractivity contribution is 6.30. The zero-order chi connectivity index (χ0) is 22.3. The summed E-state index contributed by atoms with van der Waals surface area (Å²) in [5.41, 5.74) is 1.00. The highest BCUT2D eigenvalue weighted by Gasteiger charge is 2.46. The maximum Gasteiger partial charge on any atom is 0.322 e. The van der Waals surface area contributed by atoms with Crippen molar-refractivity contribution in [3.05, 3.63) is 47.4 Å². The lowest BCUT2D eigenvalue weighted by atomic mass is 9.92. The normalized spacial score (nSPS) is 24.3. The molecule has 0 radical (unpaired) electrons. The molecule has 0 saturated heterocycles. The monoisotopic (exact) mass is 446 g/mol. The van der Waals surface area contributed by atoms with Gasteiger partial charge in [-0.25, -0.2) is 19.4 Å². The number of hydrogen-bond donors (Lipinski definition) is 4. The van der Waals surface area contributed by atoms with Crippen LogP contribution in [-0.4, -0.2) is 72.3 Å². The van der Waals surface area contributed by atoms with Crippen LogP contribution in [0.3, 0.4) is 0 Å². The maximum absolute atomic E-state index is 12.0. The first kappa shape index (κ1) is 21.4. The van der Waals surface area contributed by atoms with Gasteiger partial charge in [-0.15, -0.1) is 0 Å². The molecule has 4 rings (SSSR count). The second-order valence-corrected chi connectivity index (χ2v) is 8.25. The van der Waals surface area contributed by atoms with Crippen LogP contribution in [0.1, 0.15) is 24.1 Å². The van der Waals surface area contributed by atoms with Gasteiger partial charge in [-0.1, -0.05) is 23.7 Å². The van der Waals surface area contributed by atoms with Crippen molar-refractivity contribution in [2.24, 2.45) is 5.92 Å². The van der Waals surface area contributed by atoms with E-state index in [2.05, 4.69) is 20.4 Å². The van der Waals surface area contributed by atoms with E-state index in [4.69, 9.17) is 11.6 Å². The van der Waals surface area contributed by atoms with Gasteiger partial charge < -0.3 is 20.2 Å².